The summed E-state index contributed by atoms with van der Waals surface area (Å²) in [4.78, 5) is 0. The van der Waals surface area contributed by atoms with E-state index >= 15 is 0 Å². The lowest BCUT2D eigenvalue weighted by molar-refractivity contribution is 0.581. The van der Waals surface area contributed by atoms with E-state index in [1.54, 1.807) is 0 Å². The van der Waals surface area contributed by atoms with Gasteiger partial charge in [0.2, 0.25) is 0 Å². The topological polar surface area (TPSA) is 33.6 Å². The van der Waals surface area contributed by atoms with Crippen LogP contribution in [0.1, 0.15) is 32.6 Å². The lowest BCUT2D eigenvalue weighted by Crippen LogP contribution is -2.01. The van der Waals surface area contributed by atoms with Crippen molar-refractivity contribution in [2.75, 3.05) is 0 Å². The summed E-state index contributed by atoms with van der Waals surface area (Å²) in [6, 6.07) is 7.68. The van der Waals surface area contributed by atoms with E-state index in [2.05, 4.69) is 21.7 Å². The van der Waals surface area contributed by atoms with E-state index in [1.807, 2.05) is 24.3 Å². The van der Waals surface area contributed by atoms with Crippen molar-refractivity contribution in [1.29, 1.82) is 0 Å². The van der Waals surface area contributed by atoms with Gasteiger partial charge in [-0.2, -0.15) is 5.10 Å². The molecular formula is C14H18ClN3S. The van der Waals surface area contributed by atoms with Gasteiger partial charge < -0.3 is 4.57 Å². The van der Waals surface area contributed by atoms with Crippen LogP contribution in [-0.2, 0) is 6.54 Å². The second-order valence-electron chi connectivity index (χ2n) is 4.57. The Morgan fingerprint density at radius 2 is 1.95 bits per heavy atom. The number of benzene rings is 1. The average Bonchev–Trinajstić information content (AvgIpc) is 2.77. The van der Waals surface area contributed by atoms with E-state index in [4.69, 9.17) is 23.8 Å². The second-order valence-corrected chi connectivity index (χ2v) is 5.39. The number of aromatic amines is 1. The molecule has 0 unspecified atom stereocenters. The Hall–Kier alpha value is -1.13. The molecule has 0 aliphatic carbocycles. The lowest BCUT2D eigenvalue weighted by Gasteiger charge is -2.06. The molecule has 0 atom stereocenters. The summed E-state index contributed by atoms with van der Waals surface area (Å²) in [6.45, 7) is 3.12. The first-order valence-electron chi connectivity index (χ1n) is 6.63. The minimum Gasteiger partial charge on any atom is -0.300 e. The zero-order chi connectivity index (χ0) is 13.7. The number of H-pyrrole nitrogens is 1. The van der Waals surface area contributed by atoms with Crippen LogP contribution in [0.4, 0.5) is 0 Å². The van der Waals surface area contributed by atoms with E-state index in [9.17, 15) is 0 Å². The Kier molecular flexibility index (Phi) is 5.16. The quantitative estimate of drug-likeness (QED) is 0.611. The molecule has 0 fully saturated rings. The summed E-state index contributed by atoms with van der Waals surface area (Å²) < 4.78 is 2.75. The lowest BCUT2D eigenvalue weighted by atomic mass is 10.2. The van der Waals surface area contributed by atoms with Crippen molar-refractivity contribution >= 4 is 23.8 Å². The summed E-state index contributed by atoms with van der Waals surface area (Å²) in [6.07, 6.45) is 4.86. The molecule has 19 heavy (non-hydrogen) atoms. The van der Waals surface area contributed by atoms with Gasteiger partial charge in [0.1, 0.15) is 0 Å². The minimum absolute atomic E-state index is 0.682. The number of nitrogens with zero attached hydrogens (tertiary/aromatic N) is 2. The van der Waals surface area contributed by atoms with E-state index in [-0.39, 0.29) is 0 Å². The zero-order valence-electron chi connectivity index (χ0n) is 11.0. The molecule has 102 valence electrons. The van der Waals surface area contributed by atoms with Gasteiger partial charge in [0.15, 0.2) is 10.6 Å². The molecule has 1 N–H and O–H groups in total. The van der Waals surface area contributed by atoms with Crippen LogP contribution in [0.5, 0.6) is 0 Å². The molecule has 0 spiro atoms. The van der Waals surface area contributed by atoms with Gasteiger partial charge in [-0.05, 0) is 42.9 Å². The predicted molar refractivity (Wildman–Crippen MR) is 82.0 cm³/mol. The normalized spacial score (nSPS) is 10.8. The first-order valence-corrected chi connectivity index (χ1v) is 7.42. The van der Waals surface area contributed by atoms with Crippen LogP contribution in [0.15, 0.2) is 24.3 Å². The van der Waals surface area contributed by atoms with Crippen molar-refractivity contribution in [2.45, 2.75) is 39.2 Å². The number of halogens is 1. The standard InChI is InChI=1S/C14H18ClN3S/c1-2-3-4-5-10-18-13(16-17-14(18)19)11-6-8-12(15)9-7-11/h6-9H,2-5,10H2,1H3,(H,17,19). The van der Waals surface area contributed by atoms with Gasteiger partial charge >= 0.3 is 0 Å². The van der Waals surface area contributed by atoms with Crippen LogP contribution >= 0.6 is 23.8 Å². The van der Waals surface area contributed by atoms with E-state index in [1.165, 1.54) is 19.3 Å². The summed E-state index contributed by atoms with van der Waals surface area (Å²) in [5.41, 5.74) is 1.03. The molecule has 0 aliphatic heterocycles. The third-order valence-electron chi connectivity index (χ3n) is 3.10. The van der Waals surface area contributed by atoms with Gasteiger partial charge in [0.25, 0.3) is 0 Å². The zero-order valence-corrected chi connectivity index (χ0v) is 12.6. The monoisotopic (exact) mass is 295 g/mol. The molecule has 3 nitrogen and oxygen atoms in total. The van der Waals surface area contributed by atoms with Gasteiger partial charge in [-0.15, -0.1) is 0 Å². The van der Waals surface area contributed by atoms with Gasteiger partial charge in [-0.25, -0.2) is 0 Å². The third kappa shape index (κ3) is 3.67. The van der Waals surface area contributed by atoms with E-state index < -0.39 is 0 Å². The van der Waals surface area contributed by atoms with Crippen molar-refractivity contribution in [2.24, 2.45) is 0 Å². The fourth-order valence-electron chi connectivity index (χ4n) is 2.04. The predicted octanol–water partition coefficient (Wildman–Crippen LogP) is 4.84. The molecule has 0 amide bonds. The number of hydrogen-bond donors (Lipinski definition) is 1. The van der Waals surface area contributed by atoms with Gasteiger partial charge in [-0.3, -0.25) is 5.10 Å². The average molecular weight is 296 g/mol. The highest BCUT2D eigenvalue weighted by atomic mass is 35.5. The van der Waals surface area contributed by atoms with Crippen molar-refractivity contribution in [1.82, 2.24) is 14.8 Å². The Bertz CT molecular complexity index is 571. The summed E-state index contributed by atoms with van der Waals surface area (Å²) in [5, 5.41) is 7.92. The van der Waals surface area contributed by atoms with Crippen LogP contribution in [-0.4, -0.2) is 14.8 Å². The molecule has 0 aliphatic rings. The van der Waals surface area contributed by atoms with Gasteiger partial charge in [-0.1, -0.05) is 37.8 Å². The van der Waals surface area contributed by atoms with Gasteiger partial charge in [0.05, 0.1) is 0 Å². The number of aromatic nitrogens is 3. The SMILES string of the molecule is CCCCCCn1c(-c2ccc(Cl)cc2)n[nH]c1=S. The van der Waals surface area contributed by atoms with Crippen molar-refractivity contribution in [3.8, 4) is 11.4 Å². The van der Waals surface area contributed by atoms with E-state index in [0.717, 1.165) is 29.4 Å². The van der Waals surface area contributed by atoms with E-state index in [0.29, 0.717) is 4.77 Å². The highest BCUT2D eigenvalue weighted by molar-refractivity contribution is 7.71. The minimum atomic E-state index is 0.682. The molecular weight excluding hydrogens is 278 g/mol. The largest absolute Gasteiger partial charge is 0.300 e. The molecule has 2 aromatic rings. The first kappa shape index (κ1) is 14.3. The summed E-state index contributed by atoms with van der Waals surface area (Å²) in [7, 11) is 0. The highest BCUT2D eigenvalue weighted by Crippen LogP contribution is 2.20. The molecule has 1 aromatic heterocycles. The molecule has 0 radical (unpaired) electrons. The molecule has 1 heterocycles. The Balaban J connectivity index is 2.17. The molecule has 5 heteroatoms. The number of rotatable bonds is 6. The molecule has 0 bridgehead atoms. The Labute approximate surface area is 123 Å². The highest BCUT2D eigenvalue weighted by Gasteiger charge is 2.08. The van der Waals surface area contributed by atoms with Crippen molar-refractivity contribution in [3.05, 3.63) is 34.1 Å². The molecule has 0 saturated heterocycles. The fourth-order valence-corrected chi connectivity index (χ4v) is 2.39. The Morgan fingerprint density at radius 1 is 1.21 bits per heavy atom. The van der Waals surface area contributed by atoms with Crippen LogP contribution in [0.25, 0.3) is 11.4 Å². The summed E-state index contributed by atoms with van der Waals surface area (Å²) >= 11 is 11.2. The molecule has 1 aromatic carbocycles. The third-order valence-corrected chi connectivity index (χ3v) is 3.66. The number of hydrogen-bond acceptors (Lipinski definition) is 2. The maximum absolute atomic E-state index is 5.91. The van der Waals surface area contributed by atoms with Crippen LogP contribution in [0.2, 0.25) is 5.02 Å². The van der Waals surface area contributed by atoms with Crippen LogP contribution < -0.4 is 0 Å². The van der Waals surface area contributed by atoms with Gasteiger partial charge in [0, 0.05) is 17.1 Å². The number of nitrogens with one attached hydrogen (secondary N) is 1. The maximum Gasteiger partial charge on any atom is 0.195 e. The summed E-state index contributed by atoms with van der Waals surface area (Å²) in [5.74, 6) is 0.887. The second kappa shape index (κ2) is 6.87. The van der Waals surface area contributed by atoms with Crippen LogP contribution in [0.3, 0.4) is 0 Å². The fraction of sp³-hybridized carbons (Fsp3) is 0.429. The van der Waals surface area contributed by atoms with Crippen molar-refractivity contribution < 1.29 is 0 Å². The smallest absolute Gasteiger partial charge is 0.195 e. The molecule has 0 saturated carbocycles. The molecule has 2 rings (SSSR count). The van der Waals surface area contributed by atoms with Crippen LogP contribution in [0, 0.1) is 4.77 Å². The van der Waals surface area contributed by atoms with Crippen molar-refractivity contribution in [3.63, 3.8) is 0 Å². The first-order chi connectivity index (χ1) is 9.22. The number of unbranched alkanes of at least 4 members (excludes halogenated alkanes) is 3. The maximum atomic E-state index is 5.91. The Morgan fingerprint density at radius 3 is 2.63 bits per heavy atom.